The van der Waals surface area contributed by atoms with Crippen molar-refractivity contribution in [3.05, 3.63) is 11.8 Å². The molecule has 0 saturated carbocycles. The second kappa shape index (κ2) is 2.09. The van der Waals surface area contributed by atoms with Crippen molar-refractivity contribution in [1.82, 2.24) is 4.72 Å². The molecule has 1 heterocycles. The van der Waals surface area contributed by atoms with Gasteiger partial charge in [0, 0.05) is 0 Å². The first-order chi connectivity index (χ1) is 3.80. The van der Waals surface area contributed by atoms with Crippen molar-refractivity contribution in [1.29, 1.82) is 0 Å². The minimum absolute atomic E-state index is 0.0822. The SMILES string of the molecule is CC1=COSNC1=O. The number of amides is 1. The second-order valence-corrected chi connectivity index (χ2v) is 1.97. The van der Waals surface area contributed by atoms with Crippen LogP contribution in [0.5, 0.6) is 0 Å². The van der Waals surface area contributed by atoms with Crippen molar-refractivity contribution in [3.63, 3.8) is 0 Å². The van der Waals surface area contributed by atoms with E-state index in [9.17, 15) is 4.79 Å². The Labute approximate surface area is 51.4 Å². The van der Waals surface area contributed by atoms with Gasteiger partial charge >= 0.3 is 0 Å². The Bertz CT molecular complexity index is 143. The van der Waals surface area contributed by atoms with Gasteiger partial charge in [0.25, 0.3) is 5.91 Å². The third-order valence-corrected chi connectivity index (χ3v) is 1.23. The van der Waals surface area contributed by atoms with Crippen molar-refractivity contribution < 1.29 is 8.98 Å². The van der Waals surface area contributed by atoms with E-state index in [2.05, 4.69) is 8.91 Å². The Kier molecular flexibility index (Phi) is 1.43. The van der Waals surface area contributed by atoms with Gasteiger partial charge in [-0.1, -0.05) is 0 Å². The standard InChI is InChI=1S/C4H5NO2S/c1-3-2-7-8-5-4(3)6/h2H,1H3,(H,5,6). The van der Waals surface area contributed by atoms with E-state index in [0.29, 0.717) is 5.57 Å². The summed E-state index contributed by atoms with van der Waals surface area (Å²) in [7, 11) is 0. The van der Waals surface area contributed by atoms with Crippen LogP contribution in [0.3, 0.4) is 0 Å². The van der Waals surface area contributed by atoms with Crippen LogP contribution in [-0.2, 0) is 8.98 Å². The van der Waals surface area contributed by atoms with Crippen molar-refractivity contribution in [3.8, 4) is 0 Å². The maximum atomic E-state index is 10.5. The number of rotatable bonds is 0. The fraction of sp³-hybridized carbons (Fsp3) is 0.250. The van der Waals surface area contributed by atoms with Gasteiger partial charge in [0.1, 0.15) is 6.26 Å². The van der Waals surface area contributed by atoms with Crippen molar-refractivity contribution in [2.45, 2.75) is 6.92 Å². The number of hydrogen-bond acceptors (Lipinski definition) is 3. The molecule has 1 rings (SSSR count). The first-order valence-electron chi connectivity index (χ1n) is 2.10. The number of carbonyl (C=O) groups is 1. The molecule has 1 amide bonds. The highest BCUT2D eigenvalue weighted by molar-refractivity contribution is 7.93. The molecule has 0 bridgehead atoms. The zero-order chi connectivity index (χ0) is 5.98. The molecule has 0 atom stereocenters. The highest BCUT2D eigenvalue weighted by atomic mass is 32.2. The molecule has 1 N–H and O–H groups in total. The summed E-state index contributed by atoms with van der Waals surface area (Å²) in [6, 6.07) is 0. The molecule has 0 aliphatic carbocycles. The summed E-state index contributed by atoms with van der Waals surface area (Å²) in [6.45, 7) is 1.69. The number of carbonyl (C=O) groups excluding carboxylic acids is 1. The van der Waals surface area contributed by atoms with Crippen molar-refractivity contribution >= 4 is 18.1 Å². The molecule has 0 aromatic carbocycles. The van der Waals surface area contributed by atoms with Gasteiger partial charge in [-0.15, -0.1) is 0 Å². The van der Waals surface area contributed by atoms with E-state index < -0.39 is 0 Å². The van der Waals surface area contributed by atoms with Crippen LogP contribution in [-0.4, -0.2) is 5.91 Å². The molecule has 0 radical (unpaired) electrons. The molecule has 3 nitrogen and oxygen atoms in total. The number of hydrogen-bond donors (Lipinski definition) is 1. The van der Waals surface area contributed by atoms with Crippen LogP contribution >= 0.6 is 12.2 Å². The van der Waals surface area contributed by atoms with E-state index in [-0.39, 0.29) is 5.91 Å². The van der Waals surface area contributed by atoms with Crippen molar-refractivity contribution in [2.24, 2.45) is 0 Å². The fourth-order valence-corrected chi connectivity index (χ4v) is 0.769. The van der Waals surface area contributed by atoms with Gasteiger partial charge in [-0.25, -0.2) is 0 Å². The van der Waals surface area contributed by atoms with Gasteiger partial charge in [-0.2, -0.15) is 0 Å². The molecule has 0 aromatic rings. The maximum absolute atomic E-state index is 10.5. The highest BCUT2D eigenvalue weighted by Crippen LogP contribution is 2.08. The monoisotopic (exact) mass is 131 g/mol. The Morgan fingerprint density at radius 1 is 1.88 bits per heavy atom. The Morgan fingerprint density at radius 2 is 2.62 bits per heavy atom. The van der Waals surface area contributed by atoms with Gasteiger partial charge in [0.15, 0.2) is 12.2 Å². The third kappa shape index (κ3) is 0.949. The predicted octanol–water partition coefficient (Wildman–Crippen LogP) is 0.600. The van der Waals surface area contributed by atoms with E-state index >= 15 is 0 Å². The summed E-state index contributed by atoms with van der Waals surface area (Å²) in [4.78, 5) is 10.5. The summed E-state index contributed by atoms with van der Waals surface area (Å²) >= 11 is 0.931. The van der Waals surface area contributed by atoms with E-state index in [1.807, 2.05) is 0 Å². The van der Waals surface area contributed by atoms with Gasteiger partial charge < -0.3 is 4.18 Å². The van der Waals surface area contributed by atoms with E-state index in [1.165, 1.54) is 6.26 Å². The fourth-order valence-electron chi connectivity index (χ4n) is 0.292. The van der Waals surface area contributed by atoms with E-state index in [1.54, 1.807) is 6.92 Å². The van der Waals surface area contributed by atoms with Crippen LogP contribution in [0.4, 0.5) is 0 Å². The van der Waals surface area contributed by atoms with Crippen LogP contribution in [0.15, 0.2) is 11.8 Å². The van der Waals surface area contributed by atoms with Crippen molar-refractivity contribution in [2.75, 3.05) is 0 Å². The molecule has 44 valence electrons. The first kappa shape index (κ1) is 5.50. The molecular weight excluding hydrogens is 126 g/mol. The molecule has 0 aromatic heterocycles. The quantitative estimate of drug-likeness (QED) is 0.386. The van der Waals surface area contributed by atoms with Crippen LogP contribution in [0.2, 0.25) is 0 Å². The summed E-state index contributed by atoms with van der Waals surface area (Å²) < 4.78 is 7.09. The summed E-state index contributed by atoms with van der Waals surface area (Å²) in [5.74, 6) is -0.0822. The van der Waals surface area contributed by atoms with Gasteiger partial charge in [-0.3, -0.25) is 9.52 Å². The van der Waals surface area contributed by atoms with Crippen LogP contribution < -0.4 is 4.72 Å². The molecule has 8 heavy (non-hydrogen) atoms. The Balaban J connectivity index is 2.67. The minimum Gasteiger partial charge on any atom is -0.413 e. The summed E-state index contributed by atoms with van der Waals surface area (Å²) in [5.41, 5.74) is 0.601. The van der Waals surface area contributed by atoms with Gasteiger partial charge in [-0.05, 0) is 6.92 Å². The largest absolute Gasteiger partial charge is 0.413 e. The summed E-state index contributed by atoms with van der Waals surface area (Å²) in [5, 5.41) is 0. The summed E-state index contributed by atoms with van der Waals surface area (Å²) in [6.07, 6.45) is 1.42. The molecular formula is C4H5NO2S. The third-order valence-electron chi connectivity index (χ3n) is 0.766. The zero-order valence-electron chi connectivity index (χ0n) is 4.30. The molecule has 0 saturated heterocycles. The van der Waals surface area contributed by atoms with Crippen LogP contribution in [0.1, 0.15) is 6.92 Å². The molecule has 4 heteroatoms. The van der Waals surface area contributed by atoms with Crippen LogP contribution in [0, 0.1) is 0 Å². The normalized spacial score (nSPS) is 18.6. The lowest BCUT2D eigenvalue weighted by atomic mass is 10.3. The van der Waals surface area contributed by atoms with E-state index in [4.69, 9.17) is 0 Å². The van der Waals surface area contributed by atoms with Gasteiger partial charge in [0.2, 0.25) is 0 Å². The average molecular weight is 131 g/mol. The van der Waals surface area contributed by atoms with Crippen LogP contribution in [0.25, 0.3) is 0 Å². The zero-order valence-corrected chi connectivity index (χ0v) is 5.12. The molecule has 1 aliphatic rings. The molecule has 0 unspecified atom stereocenters. The lowest BCUT2D eigenvalue weighted by Gasteiger charge is -2.06. The lowest BCUT2D eigenvalue weighted by Crippen LogP contribution is -2.19. The maximum Gasteiger partial charge on any atom is 0.262 e. The smallest absolute Gasteiger partial charge is 0.262 e. The van der Waals surface area contributed by atoms with Gasteiger partial charge in [0.05, 0.1) is 5.57 Å². The molecule has 0 fully saturated rings. The lowest BCUT2D eigenvalue weighted by molar-refractivity contribution is -0.116. The topological polar surface area (TPSA) is 38.3 Å². The second-order valence-electron chi connectivity index (χ2n) is 1.41. The average Bonchev–Trinajstić information content (AvgIpc) is 1.77. The number of nitrogens with one attached hydrogen (secondary N) is 1. The minimum atomic E-state index is -0.0822. The predicted molar refractivity (Wildman–Crippen MR) is 30.6 cm³/mol. The Hall–Kier alpha value is -0.640. The van der Waals surface area contributed by atoms with E-state index in [0.717, 1.165) is 12.2 Å². The Morgan fingerprint density at radius 3 is 3.00 bits per heavy atom. The first-order valence-corrected chi connectivity index (χ1v) is 2.84. The molecule has 0 spiro atoms. The molecule has 1 aliphatic heterocycles. The highest BCUT2D eigenvalue weighted by Gasteiger charge is 2.08.